The molecule has 23 nitrogen and oxygen atoms in total. The van der Waals surface area contributed by atoms with Gasteiger partial charge in [0.2, 0.25) is 11.3 Å². The number of carbonyl (C=O) groups is 2. The third kappa shape index (κ3) is 12.8. The molecule has 3 unspecified atom stereocenters. The van der Waals surface area contributed by atoms with Crippen LogP contribution < -0.4 is 46.4 Å². The fourth-order valence-corrected chi connectivity index (χ4v) is 13.8. The molecule has 7 N–H and O–H groups in total. The summed E-state index contributed by atoms with van der Waals surface area (Å²) in [5, 5.41) is 15.2. The summed E-state index contributed by atoms with van der Waals surface area (Å²) in [7, 11) is -15.6. The molecule has 6 atom stereocenters. The molecule has 26 heteroatoms. The van der Waals surface area contributed by atoms with Gasteiger partial charge in [-0.25, -0.2) is 22.8 Å². The smallest absolute Gasteiger partial charge is 0.487 e. The topological polar surface area (TPSA) is 318 Å². The lowest BCUT2D eigenvalue weighted by atomic mass is 9.83. The van der Waals surface area contributed by atoms with E-state index in [0.717, 1.165) is 72.9 Å². The minimum Gasteiger partial charge on any atom is -0.756 e. The summed E-state index contributed by atoms with van der Waals surface area (Å²) in [6.07, 6.45) is 1.73. The Hall–Kier alpha value is -6.08. The molecule has 0 aliphatic carbocycles. The van der Waals surface area contributed by atoms with Gasteiger partial charge in [-0.05, 0) is 88.9 Å². The number of nitrogens with zero attached hydrogens (tertiary/aromatic N) is 5. The Morgan fingerprint density at radius 2 is 1.68 bits per heavy atom. The van der Waals surface area contributed by atoms with E-state index >= 15 is 0 Å². The van der Waals surface area contributed by atoms with Crippen LogP contribution in [-0.2, 0) is 36.4 Å². The van der Waals surface area contributed by atoms with E-state index in [0.29, 0.717) is 23.5 Å². The quantitative estimate of drug-likeness (QED) is 0.0430. The van der Waals surface area contributed by atoms with Crippen LogP contribution in [-0.4, -0.2) is 109 Å². The van der Waals surface area contributed by atoms with Crippen molar-refractivity contribution in [1.82, 2.24) is 24.3 Å². The fraction of sp³-hybridized carbons (Fsp3) is 0.415. The summed E-state index contributed by atoms with van der Waals surface area (Å²) in [6, 6.07) is 16.3. The SMILES string of the molecule is CCN1c2cc3c(cc2C(C)=CC1(C)C)C(c1ccccc1C(=O)N(C)CCCC(=O)NCC#Cc1cn([C@H]2C[C@H](O)[C@@H](COP(=O)(O)OP(=O)(O)OP(=O)([O-])O)O2)c(=O)nc1N)=c1cc2c(cc1O3)=[N+](CC)C(C)(C)C=C2C. The van der Waals surface area contributed by atoms with Crippen LogP contribution in [0.1, 0.15) is 119 Å². The van der Waals surface area contributed by atoms with Crippen molar-refractivity contribution < 1.29 is 70.6 Å². The average Bonchev–Trinajstić information content (AvgIpc) is 3.68. The van der Waals surface area contributed by atoms with Crippen molar-refractivity contribution in [3.8, 4) is 23.3 Å². The number of nitrogens with two attached hydrogens (primary N) is 1. The number of hydrogen-bond acceptors (Lipinski definition) is 16. The highest BCUT2D eigenvalue weighted by molar-refractivity contribution is 7.66. The predicted octanol–water partition coefficient (Wildman–Crippen LogP) is 4.29. The summed E-state index contributed by atoms with van der Waals surface area (Å²) in [5.41, 5.74) is 13.2. The van der Waals surface area contributed by atoms with Crippen LogP contribution in [0.3, 0.4) is 0 Å². The zero-order chi connectivity index (χ0) is 57.7. The second kappa shape index (κ2) is 22.5. The van der Waals surface area contributed by atoms with Crippen molar-refractivity contribution in [3.63, 3.8) is 0 Å². The number of carbonyl (C=O) groups excluding carboxylic acids is 2. The molecule has 8 rings (SSSR count). The number of nitrogens with one attached hydrogen (secondary N) is 1. The number of nitrogen functional groups attached to an aromatic ring is 1. The number of amides is 2. The Morgan fingerprint density at radius 1 is 0.975 bits per heavy atom. The van der Waals surface area contributed by atoms with Gasteiger partial charge in [0.25, 0.3) is 13.7 Å². The molecule has 2 amide bonds. The minimum atomic E-state index is -5.87. The van der Waals surface area contributed by atoms with E-state index in [1.54, 1.807) is 11.9 Å². The van der Waals surface area contributed by atoms with Gasteiger partial charge >= 0.3 is 21.3 Å². The van der Waals surface area contributed by atoms with Gasteiger partial charge < -0.3 is 55.0 Å². The van der Waals surface area contributed by atoms with Crippen LogP contribution in [0.5, 0.6) is 11.5 Å². The molecule has 4 aliphatic rings. The predicted molar refractivity (Wildman–Crippen MR) is 292 cm³/mol. The molecular weight excluding hydrogens is 1080 g/mol. The minimum absolute atomic E-state index is 0.0430. The Kier molecular flexibility index (Phi) is 16.8. The lowest BCUT2D eigenvalue weighted by Gasteiger charge is -2.43. The molecule has 1 fully saturated rings. The first-order valence-corrected chi connectivity index (χ1v) is 29.9. The van der Waals surface area contributed by atoms with Crippen molar-refractivity contribution in [2.45, 2.75) is 104 Å². The number of rotatable bonds is 17. The van der Waals surface area contributed by atoms with Gasteiger partial charge in [-0.3, -0.25) is 23.2 Å². The lowest BCUT2D eigenvalue weighted by Crippen LogP contribution is -2.49. The van der Waals surface area contributed by atoms with E-state index in [1.807, 2.05) is 24.3 Å². The Morgan fingerprint density at radius 3 is 2.38 bits per heavy atom. The highest BCUT2D eigenvalue weighted by Gasteiger charge is 2.42. The number of phosphoric acid groups is 3. The summed E-state index contributed by atoms with van der Waals surface area (Å²) < 4.78 is 62.2. The van der Waals surface area contributed by atoms with Crippen LogP contribution in [0, 0.1) is 11.8 Å². The molecule has 4 aliphatic heterocycles. The number of benzene rings is 3. The number of phosphoric ester groups is 1. The molecule has 1 saturated heterocycles. The van der Waals surface area contributed by atoms with E-state index in [4.69, 9.17) is 20.1 Å². The van der Waals surface area contributed by atoms with Crippen molar-refractivity contribution in [3.05, 3.63) is 121 Å². The van der Waals surface area contributed by atoms with Gasteiger partial charge in [-0.1, -0.05) is 36.1 Å². The highest BCUT2D eigenvalue weighted by Crippen LogP contribution is 2.65. The summed E-state index contributed by atoms with van der Waals surface area (Å²) in [5.74, 6) is 6.04. The van der Waals surface area contributed by atoms with Gasteiger partial charge in [0, 0.05) is 97.8 Å². The van der Waals surface area contributed by atoms with E-state index in [-0.39, 0.29) is 60.2 Å². The van der Waals surface area contributed by atoms with E-state index in [9.17, 15) is 47.9 Å². The Bertz CT molecular complexity index is 3640. The normalized spacial score (nSPS) is 21.0. The van der Waals surface area contributed by atoms with Crippen molar-refractivity contribution in [2.75, 3.05) is 50.5 Å². The largest absolute Gasteiger partial charge is 0.756 e. The molecule has 4 aromatic rings. The van der Waals surface area contributed by atoms with Gasteiger partial charge in [-0.15, -0.1) is 0 Å². The van der Waals surface area contributed by atoms with Gasteiger partial charge in [-0.2, -0.15) is 9.29 Å². The number of fused-ring (bicyclic) bond motifs is 4. The number of anilines is 2. The van der Waals surface area contributed by atoms with Crippen molar-refractivity contribution in [2.24, 2.45) is 0 Å². The van der Waals surface area contributed by atoms with Crippen molar-refractivity contribution >= 4 is 63.5 Å². The van der Waals surface area contributed by atoms with Crippen LogP contribution in [0.15, 0.2) is 71.7 Å². The number of aromatic nitrogens is 2. The third-order valence-corrected chi connectivity index (χ3v) is 17.9. The first kappa shape index (κ1) is 59.1. The molecule has 0 radical (unpaired) electrons. The number of aliphatic hydroxyl groups is 1. The third-order valence-electron chi connectivity index (χ3n) is 14.1. The molecule has 79 heavy (non-hydrogen) atoms. The maximum Gasteiger partial charge on any atom is 0.487 e. The summed E-state index contributed by atoms with van der Waals surface area (Å²) in [4.78, 5) is 86.8. The van der Waals surface area contributed by atoms with E-state index in [2.05, 4.69) is 137 Å². The standard InChI is InChI=1S/C53H64N7O16P3/c1-10-59-40-24-43-38(22-36(40)31(3)27-52(59,5)6)48(39-23-37-32(4)28-53(7,8)60(11-2)41(37)25-44(39)73-43)34-17-12-13-18-35(34)50(63)57(9)21-15-19-46(62)55-20-14-16-33-29-58(51(64)56-49(33)54)47-26-42(61)45(74-47)30-72-78(68,69)76-79(70,71)75-77(65,66)67/h12-13,17-18,22-25,27-29,42,45,47,61H,10-11,15,19-21,26,30H2,1-9H3,(H6-,54,55,56,62,64,65,66,67,68,69,70,71)/t42-,45+,47+/m0/s1. The van der Waals surface area contributed by atoms with Crippen LogP contribution in [0.25, 0.3) is 16.7 Å². The molecule has 0 spiro atoms. The van der Waals surface area contributed by atoms with E-state index in [1.165, 1.54) is 6.20 Å². The second-order valence-electron chi connectivity index (χ2n) is 20.6. The fourth-order valence-electron chi connectivity index (χ4n) is 10.8. The highest BCUT2D eigenvalue weighted by atomic mass is 31.3. The zero-order valence-corrected chi connectivity index (χ0v) is 47.8. The van der Waals surface area contributed by atoms with Crippen LogP contribution >= 0.6 is 23.5 Å². The number of ether oxygens (including phenoxy) is 2. The molecule has 422 valence electrons. The number of likely N-dealkylation sites (N-methyl/N-ethyl adjacent to an activating group) is 2. The molecule has 3 aromatic carbocycles. The maximum absolute atomic E-state index is 14.7. The second-order valence-corrected chi connectivity index (χ2v) is 25.0. The van der Waals surface area contributed by atoms with Gasteiger partial charge in [0.05, 0.1) is 36.4 Å². The monoisotopic (exact) mass is 1150 g/mol. The molecule has 5 heterocycles. The Balaban J connectivity index is 0.955. The molecular formula is C53H64N7O16P3. The van der Waals surface area contributed by atoms with Crippen LogP contribution in [0.2, 0.25) is 0 Å². The number of allylic oxidation sites excluding steroid dienone is 2. The molecule has 0 bridgehead atoms. The first-order chi connectivity index (χ1) is 36.9. The van der Waals surface area contributed by atoms with Gasteiger partial charge in [0.15, 0.2) is 5.54 Å². The first-order valence-electron chi connectivity index (χ1n) is 25.4. The summed E-state index contributed by atoms with van der Waals surface area (Å²) >= 11 is 0. The molecule has 1 aromatic heterocycles. The number of hydrogen-bond donors (Lipinski definition) is 6. The van der Waals surface area contributed by atoms with Gasteiger partial charge in [0.1, 0.15) is 36.2 Å². The van der Waals surface area contributed by atoms with Crippen molar-refractivity contribution in [1.29, 1.82) is 0 Å². The summed E-state index contributed by atoms with van der Waals surface area (Å²) in [6.45, 7) is 18.1. The van der Waals surface area contributed by atoms with E-state index < -0.39 is 54.2 Å². The average molecular weight is 1150 g/mol. The zero-order valence-electron chi connectivity index (χ0n) is 45.1. The maximum atomic E-state index is 14.7. The Labute approximate surface area is 456 Å². The van der Waals surface area contributed by atoms with Crippen LogP contribution in [0.4, 0.5) is 11.5 Å². The molecule has 0 saturated carbocycles. The lowest BCUT2D eigenvalue weighted by molar-refractivity contribution is -0.212. The number of aliphatic hydroxyl groups excluding tert-OH is 1.